The fraction of sp³-hybridized carbons (Fsp3) is 0.600. The SMILES string of the molecule is CCCOCCN1CCNCC1c1ccccc1. The van der Waals surface area contributed by atoms with Crippen molar-refractivity contribution in [1.82, 2.24) is 10.2 Å². The second kappa shape index (κ2) is 7.52. The van der Waals surface area contributed by atoms with Crippen LogP contribution in [0.2, 0.25) is 0 Å². The van der Waals surface area contributed by atoms with Gasteiger partial charge in [-0.3, -0.25) is 4.90 Å². The van der Waals surface area contributed by atoms with Crippen LogP contribution in [-0.2, 0) is 4.74 Å². The zero-order valence-electron chi connectivity index (χ0n) is 11.3. The Hall–Kier alpha value is -0.900. The van der Waals surface area contributed by atoms with Crippen LogP contribution < -0.4 is 5.32 Å². The van der Waals surface area contributed by atoms with Crippen molar-refractivity contribution in [3.8, 4) is 0 Å². The number of hydrogen-bond acceptors (Lipinski definition) is 3. The number of ether oxygens (including phenoxy) is 1. The summed E-state index contributed by atoms with van der Waals surface area (Å²) in [6.45, 7) is 8.13. The number of hydrogen-bond donors (Lipinski definition) is 1. The second-order valence-corrected chi connectivity index (χ2v) is 4.78. The third-order valence-corrected chi connectivity index (χ3v) is 3.41. The molecule has 0 bridgehead atoms. The number of piperazine rings is 1. The van der Waals surface area contributed by atoms with E-state index in [9.17, 15) is 0 Å². The van der Waals surface area contributed by atoms with Gasteiger partial charge in [-0.25, -0.2) is 0 Å². The Kier molecular flexibility index (Phi) is 5.65. The monoisotopic (exact) mass is 248 g/mol. The van der Waals surface area contributed by atoms with Gasteiger partial charge < -0.3 is 10.1 Å². The van der Waals surface area contributed by atoms with Crippen LogP contribution in [0.25, 0.3) is 0 Å². The highest BCUT2D eigenvalue weighted by molar-refractivity contribution is 5.20. The van der Waals surface area contributed by atoms with Gasteiger partial charge in [0.1, 0.15) is 0 Å². The van der Waals surface area contributed by atoms with Gasteiger partial charge in [-0.2, -0.15) is 0 Å². The fourth-order valence-corrected chi connectivity index (χ4v) is 2.45. The largest absolute Gasteiger partial charge is 0.380 e. The molecule has 1 N–H and O–H groups in total. The summed E-state index contributed by atoms with van der Waals surface area (Å²) < 4.78 is 5.61. The maximum atomic E-state index is 5.61. The summed E-state index contributed by atoms with van der Waals surface area (Å²) >= 11 is 0. The van der Waals surface area contributed by atoms with Crippen molar-refractivity contribution >= 4 is 0 Å². The lowest BCUT2D eigenvalue weighted by Gasteiger charge is -2.36. The lowest BCUT2D eigenvalue weighted by molar-refractivity contribution is 0.0769. The first kappa shape index (κ1) is 13.5. The van der Waals surface area contributed by atoms with Gasteiger partial charge in [0.15, 0.2) is 0 Å². The molecular formula is C15H24N2O. The minimum absolute atomic E-state index is 0.491. The van der Waals surface area contributed by atoms with Crippen molar-refractivity contribution < 1.29 is 4.74 Å². The lowest BCUT2D eigenvalue weighted by Crippen LogP contribution is -2.47. The molecule has 3 heteroatoms. The van der Waals surface area contributed by atoms with E-state index in [1.165, 1.54) is 5.56 Å². The molecule has 0 aromatic heterocycles. The Labute approximate surface area is 110 Å². The molecule has 1 aromatic rings. The number of rotatable bonds is 6. The summed E-state index contributed by atoms with van der Waals surface area (Å²) in [6, 6.07) is 11.2. The van der Waals surface area contributed by atoms with Crippen LogP contribution in [0.1, 0.15) is 24.9 Å². The molecule has 0 spiro atoms. The maximum absolute atomic E-state index is 5.61. The molecule has 1 aliphatic rings. The zero-order chi connectivity index (χ0) is 12.6. The minimum Gasteiger partial charge on any atom is -0.380 e. The Morgan fingerprint density at radius 3 is 2.89 bits per heavy atom. The van der Waals surface area contributed by atoms with Crippen LogP contribution in [0.4, 0.5) is 0 Å². The summed E-state index contributed by atoms with van der Waals surface area (Å²) in [5.74, 6) is 0. The Bertz CT molecular complexity index is 329. The second-order valence-electron chi connectivity index (χ2n) is 4.78. The highest BCUT2D eigenvalue weighted by Crippen LogP contribution is 2.21. The van der Waals surface area contributed by atoms with Crippen molar-refractivity contribution in [3.05, 3.63) is 35.9 Å². The zero-order valence-corrected chi connectivity index (χ0v) is 11.3. The standard InChI is InChI=1S/C15H24N2O/c1-2-11-18-12-10-17-9-8-16-13-15(17)14-6-4-3-5-7-14/h3-7,15-16H,2,8-13H2,1H3. The quantitative estimate of drug-likeness (QED) is 0.780. The molecule has 1 atom stereocenters. The Balaban J connectivity index is 1.90. The molecule has 0 amide bonds. The van der Waals surface area contributed by atoms with Crippen LogP contribution in [0, 0.1) is 0 Å². The maximum Gasteiger partial charge on any atom is 0.0593 e. The van der Waals surface area contributed by atoms with Crippen LogP contribution in [0.15, 0.2) is 30.3 Å². The van der Waals surface area contributed by atoms with Crippen molar-refractivity contribution in [2.75, 3.05) is 39.4 Å². The first-order valence-corrected chi connectivity index (χ1v) is 6.99. The molecule has 1 fully saturated rings. The van der Waals surface area contributed by atoms with Crippen molar-refractivity contribution in [1.29, 1.82) is 0 Å². The summed E-state index contributed by atoms with van der Waals surface area (Å²) in [7, 11) is 0. The summed E-state index contributed by atoms with van der Waals surface area (Å²) in [6.07, 6.45) is 1.10. The van der Waals surface area contributed by atoms with E-state index in [4.69, 9.17) is 4.74 Å². The van der Waals surface area contributed by atoms with E-state index < -0.39 is 0 Å². The molecular weight excluding hydrogens is 224 g/mol. The molecule has 3 nitrogen and oxygen atoms in total. The van der Waals surface area contributed by atoms with E-state index in [0.717, 1.165) is 45.8 Å². The molecule has 1 aromatic carbocycles. The van der Waals surface area contributed by atoms with Gasteiger partial charge in [0, 0.05) is 38.8 Å². The number of nitrogens with zero attached hydrogens (tertiary/aromatic N) is 1. The fourth-order valence-electron chi connectivity index (χ4n) is 2.45. The van der Waals surface area contributed by atoms with Crippen molar-refractivity contribution in [2.45, 2.75) is 19.4 Å². The molecule has 2 rings (SSSR count). The average Bonchev–Trinajstić information content (AvgIpc) is 2.45. The predicted molar refractivity (Wildman–Crippen MR) is 74.7 cm³/mol. The smallest absolute Gasteiger partial charge is 0.0593 e. The van der Waals surface area contributed by atoms with Crippen LogP contribution >= 0.6 is 0 Å². The third kappa shape index (κ3) is 3.80. The van der Waals surface area contributed by atoms with Gasteiger partial charge in [-0.05, 0) is 12.0 Å². The first-order chi connectivity index (χ1) is 8.92. The van der Waals surface area contributed by atoms with Crippen LogP contribution in [0.3, 0.4) is 0 Å². The molecule has 1 unspecified atom stereocenters. The van der Waals surface area contributed by atoms with E-state index in [-0.39, 0.29) is 0 Å². The molecule has 100 valence electrons. The van der Waals surface area contributed by atoms with Gasteiger partial charge in [-0.1, -0.05) is 37.3 Å². The molecule has 18 heavy (non-hydrogen) atoms. The number of benzene rings is 1. The van der Waals surface area contributed by atoms with E-state index in [1.54, 1.807) is 0 Å². The van der Waals surface area contributed by atoms with E-state index in [2.05, 4.69) is 47.5 Å². The third-order valence-electron chi connectivity index (χ3n) is 3.41. The van der Waals surface area contributed by atoms with Crippen molar-refractivity contribution in [2.24, 2.45) is 0 Å². The topological polar surface area (TPSA) is 24.5 Å². The molecule has 0 saturated carbocycles. The highest BCUT2D eigenvalue weighted by Gasteiger charge is 2.22. The summed E-state index contributed by atoms with van der Waals surface area (Å²) in [5, 5.41) is 3.48. The molecule has 1 aliphatic heterocycles. The van der Waals surface area contributed by atoms with Gasteiger partial charge in [0.05, 0.1) is 6.61 Å². The Morgan fingerprint density at radius 2 is 2.11 bits per heavy atom. The van der Waals surface area contributed by atoms with Gasteiger partial charge in [0.25, 0.3) is 0 Å². The normalized spacial score (nSPS) is 21.1. The van der Waals surface area contributed by atoms with Crippen LogP contribution in [-0.4, -0.2) is 44.3 Å². The molecule has 0 radical (unpaired) electrons. The lowest BCUT2D eigenvalue weighted by atomic mass is 10.0. The van der Waals surface area contributed by atoms with E-state index in [0.29, 0.717) is 6.04 Å². The molecule has 0 aliphatic carbocycles. The summed E-state index contributed by atoms with van der Waals surface area (Å²) in [4.78, 5) is 2.53. The Morgan fingerprint density at radius 1 is 1.28 bits per heavy atom. The van der Waals surface area contributed by atoms with Crippen molar-refractivity contribution in [3.63, 3.8) is 0 Å². The van der Waals surface area contributed by atoms with Gasteiger partial charge in [0.2, 0.25) is 0 Å². The van der Waals surface area contributed by atoms with E-state index in [1.807, 2.05) is 0 Å². The molecule has 1 saturated heterocycles. The summed E-state index contributed by atoms with van der Waals surface area (Å²) in [5.41, 5.74) is 1.40. The predicted octanol–water partition coefficient (Wildman–Crippen LogP) is 2.06. The molecule has 1 heterocycles. The number of nitrogens with one attached hydrogen (secondary N) is 1. The van der Waals surface area contributed by atoms with E-state index >= 15 is 0 Å². The van der Waals surface area contributed by atoms with Gasteiger partial charge in [-0.15, -0.1) is 0 Å². The first-order valence-electron chi connectivity index (χ1n) is 6.99. The average molecular weight is 248 g/mol. The minimum atomic E-state index is 0.491. The highest BCUT2D eigenvalue weighted by atomic mass is 16.5. The van der Waals surface area contributed by atoms with Crippen LogP contribution in [0.5, 0.6) is 0 Å². The van der Waals surface area contributed by atoms with Gasteiger partial charge >= 0.3 is 0 Å².